The summed E-state index contributed by atoms with van der Waals surface area (Å²) >= 11 is 0. The first-order valence-corrected chi connectivity index (χ1v) is 6.87. The maximum Gasteiger partial charge on any atom is 0.241 e. The van der Waals surface area contributed by atoms with Crippen LogP contribution in [0.1, 0.15) is 18.9 Å². The van der Waals surface area contributed by atoms with E-state index in [-0.39, 0.29) is 11.4 Å². The minimum atomic E-state index is -3.48. The summed E-state index contributed by atoms with van der Waals surface area (Å²) in [6, 6.07) is 6.63. The molecular weight excluding hydrogens is 236 g/mol. The highest BCUT2D eigenvalue weighted by Crippen LogP contribution is 2.13. The van der Waals surface area contributed by atoms with Gasteiger partial charge in [-0.15, -0.1) is 0 Å². The van der Waals surface area contributed by atoms with Crippen molar-refractivity contribution in [3.8, 4) is 11.8 Å². The van der Waals surface area contributed by atoms with Crippen LogP contribution < -0.4 is 10.5 Å². The molecule has 0 aliphatic rings. The zero-order valence-corrected chi connectivity index (χ0v) is 10.5. The fraction of sp³-hybridized carbons (Fsp3) is 0.333. The second-order valence-corrected chi connectivity index (χ2v) is 5.14. The second kappa shape index (κ2) is 6.40. The van der Waals surface area contributed by atoms with E-state index in [0.717, 1.165) is 6.42 Å². The summed E-state index contributed by atoms with van der Waals surface area (Å²) < 4.78 is 26.4. The molecule has 0 bridgehead atoms. The lowest BCUT2D eigenvalue weighted by Crippen LogP contribution is -2.25. The molecule has 0 saturated carbocycles. The molecule has 0 heterocycles. The number of sulfonamides is 1. The largest absolute Gasteiger partial charge is 0.320 e. The molecule has 0 spiro atoms. The summed E-state index contributed by atoms with van der Waals surface area (Å²) in [5.41, 5.74) is 5.75. The summed E-state index contributed by atoms with van der Waals surface area (Å²) in [6.45, 7) is 2.53. The topological polar surface area (TPSA) is 72.2 Å². The smallest absolute Gasteiger partial charge is 0.241 e. The van der Waals surface area contributed by atoms with Crippen molar-refractivity contribution in [1.29, 1.82) is 0 Å². The van der Waals surface area contributed by atoms with E-state index in [1.54, 1.807) is 24.3 Å². The maximum atomic E-state index is 12.0. The van der Waals surface area contributed by atoms with Gasteiger partial charge in [-0.1, -0.05) is 30.9 Å². The first kappa shape index (κ1) is 13.7. The Labute approximate surface area is 102 Å². The quantitative estimate of drug-likeness (QED) is 0.774. The first-order valence-electron chi connectivity index (χ1n) is 5.39. The summed E-state index contributed by atoms with van der Waals surface area (Å²) in [5.74, 6) is 5.42. The average molecular weight is 252 g/mol. The van der Waals surface area contributed by atoms with E-state index in [1.807, 2.05) is 6.92 Å². The molecule has 1 rings (SSSR count). The van der Waals surface area contributed by atoms with Gasteiger partial charge in [0.2, 0.25) is 10.0 Å². The number of benzene rings is 1. The third kappa shape index (κ3) is 3.86. The van der Waals surface area contributed by atoms with E-state index < -0.39 is 10.0 Å². The monoisotopic (exact) mass is 252 g/mol. The van der Waals surface area contributed by atoms with Crippen LogP contribution in [0.3, 0.4) is 0 Å². The van der Waals surface area contributed by atoms with Gasteiger partial charge in [-0.3, -0.25) is 0 Å². The summed E-state index contributed by atoms with van der Waals surface area (Å²) in [7, 11) is -3.48. The van der Waals surface area contributed by atoms with Gasteiger partial charge in [0.25, 0.3) is 0 Å². The van der Waals surface area contributed by atoms with Crippen molar-refractivity contribution in [2.24, 2.45) is 5.73 Å². The predicted molar refractivity (Wildman–Crippen MR) is 67.9 cm³/mol. The number of nitrogens with one attached hydrogen (secondary N) is 1. The van der Waals surface area contributed by atoms with Gasteiger partial charge < -0.3 is 5.73 Å². The predicted octanol–water partition coefficient (Wildman–Crippen LogP) is 0.685. The van der Waals surface area contributed by atoms with Crippen LogP contribution in [0.4, 0.5) is 0 Å². The van der Waals surface area contributed by atoms with Crippen LogP contribution in [0.2, 0.25) is 0 Å². The van der Waals surface area contributed by atoms with E-state index in [2.05, 4.69) is 16.6 Å². The molecule has 0 unspecified atom stereocenters. The molecule has 0 aliphatic carbocycles. The molecule has 3 N–H and O–H groups in total. The third-order valence-corrected chi connectivity index (χ3v) is 3.56. The lowest BCUT2D eigenvalue weighted by molar-refractivity contribution is 0.580. The van der Waals surface area contributed by atoms with Gasteiger partial charge in [0, 0.05) is 12.1 Å². The van der Waals surface area contributed by atoms with Crippen LogP contribution >= 0.6 is 0 Å². The molecule has 0 amide bonds. The van der Waals surface area contributed by atoms with E-state index in [0.29, 0.717) is 12.1 Å². The molecule has 0 saturated heterocycles. The van der Waals surface area contributed by atoms with Crippen LogP contribution in [0, 0.1) is 11.8 Å². The third-order valence-electron chi connectivity index (χ3n) is 2.04. The van der Waals surface area contributed by atoms with Gasteiger partial charge in [0.15, 0.2) is 0 Å². The van der Waals surface area contributed by atoms with Gasteiger partial charge >= 0.3 is 0 Å². The van der Waals surface area contributed by atoms with Gasteiger partial charge in [-0.25, -0.2) is 13.1 Å². The Morgan fingerprint density at radius 3 is 2.71 bits per heavy atom. The van der Waals surface area contributed by atoms with Crippen molar-refractivity contribution in [2.75, 3.05) is 13.1 Å². The molecule has 0 aliphatic heterocycles. The van der Waals surface area contributed by atoms with Crippen molar-refractivity contribution in [2.45, 2.75) is 18.2 Å². The van der Waals surface area contributed by atoms with Gasteiger partial charge in [-0.2, -0.15) is 0 Å². The highest BCUT2D eigenvalue weighted by atomic mass is 32.2. The molecule has 17 heavy (non-hydrogen) atoms. The molecule has 92 valence electrons. The number of hydrogen-bond acceptors (Lipinski definition) is 3. The van der Waals surface area contributed by atoms with Gasteiger partial charge in [0.05, 0.1) is 11.4 Å². The van der Waals surface area contributed by atoms with Crippen LogP contribution in [0.5, 0.6) is 0 Å². The van der Waals surface area contributed by atoms with Crippen molar-refractivity contribution in [3.63, 3.8) is 0 Å². The van der Waals surface area contributed by atoms with Crippen molar-refractivity contribution < 1.29 is 8.42 Å². The maximum absolute atomic E-state index is 12.0. The van der Waals surface area contributed by atoms with Crippen LogP contribution in [0.25, 0.3) is 0 Å². The zero-order valence-electron chi connectivity index (χ0n) is 9.73. The molecule has 1 aromatic carbocycles. The van der Waals surface area contributed by atoms with Gasteiger partial charge in [-0.05, 0) is 18.6 Å². The fourth-order valence-corrected chi connectivity index (χ4v) is 2.56. The van der Waals surface area contributed by atoms with Crippen molar-refractivity contribution >= 4 is 10.0 Å². The molecule has 0 radical (unpaired) electrons. The highest BCUT2D eigenvalue weighted by Gasteiger charge is 2.15. The van der Waals surface area contributed by atoms with E-state index in [1.165, 1.54) is 0 Å². The molecule has 0 fully saturated rings. The Hall–Kier alpha value is -1.35. The minimum absolute atomic E-state index is 0.203. The van der Waals surface area contributed by atoms with Gasteiger partial charge in [0.1, 0.15) is 0 Å². The highest BCUT2D eigenvalue weighted by molar-refractivity contribution is 7.89. The Morgan fingerprint density at radius 1 is 1.35 bits per heavy atom. The molecule has 1 aromatic rings. The molecule has 0 aromatic heterocycles. The molecule has 4 nitrogen and oxygen atoms in total. The lowest BCUT2D eigenvalue weighted by Gasteiger charge is -2.07. The fourth-order valence-electron chi connectivity index (χ4n) is 1.26. The molecule has 5 heteroatoms. The van der Waals surface area contributed by atoms with Crippen LogP contribution in [-0.4, -0.2) is 21.5 Å². The minimum Gasteiger partial charge on any atom is -0.320 e. The number of hydrogen-bond donors (Lipinski definition) is 2. The number of rotatable bonds is 4. The van der Waals surface area contributed by atoms with Crippen molar-refractivity contribution in [3.05, 3.63) is 29.8 Å². The van der Waals surface area contributed by atoms with Crippen molar-refractivity contribution in [1.82, 2.24) is 4.72 Å². The van der Waals surface area contributed by atoms with Crippen LogP contribution in [-0.2, 0) is 10.0 Å². The normalized spacial score (nSPS) is 10.7. The Kier molecular flexibility index (Phi) is 5.16. The van der Waals surface area contributed by atoms with E-state index in [9.17, 15) is 8.42 Å². The average Bonchev–Trinajstić information content (AvgIpc) is 2.34. The Morgan fingerprint density at radius 2 is 2.06 bits per heavy atom. The standard InChI is InChI=1S/C12H16N2O2S/c1-2-10-14-17(15,16)12-8-4-3-6-11(12)7-5-9-13/h3-4,6,8,14H,2,9-10,13H2,1H3. The summed E-state index contributed by atoms with van der Waals surface area (Å²) in [6.07, 6.45) is 0.746. The Balaban J connectivity index is 3.13. The van der Waals surface area contributed by atoms with E-state index >= 15 is 0 Å². The zero-order chi connectivity index (χ0) is 12.7. The second-order valence-electron chi connectivity index (χ2n) is 3.40. The lowest BCUT2D eigenvalue weighted by atomic mass is 10.2. The molecule has 0 atom stereocenters. The molecular formula is C12H16N2O2S. The van der Waals surface area contributed by atoms with E-state index in [4.69, 9.17) is 5.73 Å². The first-order chi connectivity index (χ1) is 8.11. The summed E-state index contributed by atoms with van der Waals surface area (Å²) in [5, 5.41) is 0. The van der Waals surface area contributed by atoms with Crippen LogP contribution in [0.15, 0.2) is 29.2 Å². The SMILES string of the molecule is CCCNS(=O)(=O)c1ccccc1C#CCN. The summed E-state index contributed by atoms with van der Waals surface area (Å²) in [4.78, 5) is 0.203. The number of nitrogens with two attached hydrogens (primary N) is 1. The Bertz CT molecular complexity index is 527.